The molecule has 2 heterocycles. The smallest absolute Gasteiger partial charge is 0.256 e. The highest BCUT2D eigenvalue weighted by Gasteiger charge is 2.17. The summed E-state index contributed by atoms with van der Waals surface area (Å²) < 4.78 is 0. The van der Waals surface area contributed by atoms with Crippen molar-refractivity contribution in [2.24, 2.45) is 0 Å². The van der Waals surface area contributed by atoms with Gasteiger partial charge in [0.2, 0.25) is 0 Å². The summed E-state index contributed by atoms with van der Waals surface area (Å²) in [6, 6.07) is 14.7. The molecule has 0 radical (unpaired) electrons. The summed E-state index contributed by atoms with van der Waals surface area (Å²) in [4.78, 5) is 30.6. The largest absolute Gasteiger partial charge is 0.354 e. The molecule has 0 saturated heterocycles. The van der Waals surface area contributed by atoms with E-state index < -0.39 is 0 Å². The summed E-state index contributed by atoms with van der Waals surface area (Å²) in [5.74, 6) is -0.109. The number of aromatic amines is 1. The lowest BCUT2D eigenvalue weighted by molar-refractivity contribution is 0.0787. The van der Waals surface area contributed by atoms with Crippen molar-refractivity contribution in [1.29, 1.82) is 0 Å². The number of H-pyrrole nitrogens is 1. The number of nitrogens with one attached hydrogen (secondary N) is 1. The van der Waals surface area contributed by atoms with E-state index in [2.05, 4.69) is 4.98 Å². The third-order valence-corrected chi connectivity index (χ3v) is 5.05. The van der Waals surface area contributed by atoms with E-state index in [1.165, 1.54) is 0 Å². The maximum absolute atomic E-state index is 12.9. The Balaban J connectivity index is 1.84. The van der Waals surface area contributed by atoms with Crippen LogP contribution in [0.1, 0.15) is 15.9 Å². The predicted molar refractivity (Wildman–Crippen MR) is 102 cm³/mol. The molecule has 0 spiro atoms. The average molecular weight is 348 g/mol. The van der Waals surface area contributed by atoms with E-state index in [-0.39, 0.29) is 11.3 Å². The Morgan fingerprint density at radius 3 is 2.68 bits per heavy atom. The Morgan fingerprint density at radius 1 is 1.08 bits per heavy atom. The third kappa shape index (κ3) is 2.72. The van der Waals surface area contributed by atoms with Gasteiger partial charge in [-0.3, -0.25) is 9.59 Å². The highest BCUT2D eigenvalue weighted by molar-refractivity contribution is 7.07. The van der Waals surface area contributed by atoms with Gasteiger partial charge in [-0.25, -0.2) is 0 Å². The van der Waals surface area contributed by atoms with Gasteiger partial charge >= 0.3 is 0 Å². The molecule has 4 rings (SSSR count). The number of carbonyl (C=O) groups excluding carboxylic acids is 1. The number of hydrogen-bond acceptors (Lipinski definition) is 3. The lowest BCUT2D eigenvalue weighted by Gasteiger charge is -2.17. The Kier molecular flexibility index (Phi) is 3.86. The van der Waals surface area contributed by atoms with Gasteiger partial charge in [0.15, 0.2) is 5.43 Å². The third-order valence-electron chi connectivity index (χ3n) is 4.32. The Bertz CT molecular complexity index is 1130. The highest BCUT2D eigenvalue weighted by Crippen LogP contribution is 2.20. The summed E-state index contributed by atoms with van der Waals surface area (Å²) in [5, 5.41) is 5.19. The summed E-state index contributed by atoms with van der Waals surface area (Å²) in [7, 11) is 1.78. The molecule has 5 heteroatoms. The highest BCUT2D eigenvalue weighted by atomic mass is 32.1. The quantitative estimate of drug-likeness (QED) is 0.569. The molecule has 2 aromatic heterocycles. The Morgan fingerprint density at radius 2 is 1.88 bits per heavy atom. The minimum atomic E-state index is -0.109. The van der Waals surface area contributed by atoms with E-state index in [0.717, 1.165) is 11.1 Å². The molecule has 1 N–H and O–H groups in total. The number of aromatic nitrogens is 1. The molecule has 0 aliphatic heterocycles. The van der Waals surface area contributed by atoms with Gasteiger partial charge in [0.05, 0.1) is 11.1 Å². The number of benzene rings is 2. The maximum Gasteiger partial charge on any atom is 0.256 e. The number of rotatable bonds is 3. The molecule has 0 bridgehead atoms. The molecular formula is C20H16N2O2S. The van der Waals surface area contributed by atoms with Gasteiger partial charge in [0.1, 0.15) is 0 Å². The Hall–Kier alpha value is -2.92. The number of fused-ring (bicyclic) bond motifs is 2. The fourth-order valence-corrected chi connectivity index (χ4v) is 3.72. The maximum atomic E-state index is 12.9. The van der Waals surface area contributed by atoms with Crippen LogP contribution in [0.15, 0.2) is 64.1 Å². The van der Waals surface area contributed by atoms with E-state index in [4.69, 9.17) is 0 Å². The molecule has 0 saturated carbocycles. The van der Waals surface area contributed by atoms with Gasteiger partial charge in [-0.15, -0.1) is 0 Å². The first-order valence-corrected chi connectivity index (χ1v) is 8.90. The minimum absolute atomic E-state index is 0.0560. The standard InChI is InChI=1S/C20H16N2O2S/c1-22(11-13-9-10-25-12-13)20(24)16-7-4-6-15-18(16)21-17-8-3-2-5-14(17)19(15)23/h2-10,12H,11H2,1H3,(H,21,23). The lowest BCUT2D eigenvalue weighted by atomic mass is 10.1. The van der Waals surface area contributed by atoms with Crippen molar-refractivity contribution in [2.75, 3.05) is 7.05 Å². The fraction of sp³-hybridized carbons (Fsp3) is 0.100. The molecule has 0 aliphatic rings. The van der Waals surface area contributed by atoms with Crippen LogP contribution in [0.3, 0.4) is 0 Å². The molecule has 4 nitrogen and oxygen atoms in total. The van der Waals surface area contributed by atoms with Crippen molar-refractivity contribution < 1.29 is 4.79 Å². The molecule has 0 fully saturated rings. The number of pyridine rings is 1. The fourth-order valence-electron chi connectivity index (χ4n) is 3.06. The van der Waals surface area contributed by atoms with Crippen LogP contribution < -0.4 is 5.43 Å². The minimum Gasteiger partial charge on any atom is -0.354 e. The predicted octanol–water partition coefficient (Wildman–Crippen LogP) is 4.02. The van der Waals surface area contributed by atoms with Crippen molar-refractivity contribution >= 4 is 39.0 Å². The van der Waals surface area contributed by atoms with Crippen LogP contribution in [0.2, 0.25) is 0 Å². The van der Waals surface area contributed by atoms with E-state index in [1.807, 2.05) is 35.0 Å². The monoisotopic (exact) mass is 348 g/mol. The number of amides is 1. The van der Waals surface area contributed by atoms with Gasteiger partial charge in [-0.2, -0.15) is 11.3 Å². The van der Waals surface area contributed by atoms with Crippen LogP contribution >= 0.6 is 11.3 Å². The Labute approximate surface area is 148 Å². The van der Waals surface area contributed by atoms with Gasteiger partial charge in [-0.1, -0.05) is 18.2 Å². The van der Waals surface area contributed by atoms with E-state index in [1.54, 1.807) is 47.5 Å². The topological polar surface area (TPSA) is 53.2 Å². The first kappa shape index (κ1) is 15.6. The summed E-state index contributed by atoms with van der Waals surface area (Å²) >= 11 is 1.61. The van der Waals surface area contributed by atoms with Gasteiger partial charge in [0.25, 0.3) is 5.91 Å². The van der Waals surface area contributed by atoms with E-state index >= 15 is 0 Å². The number of hydrogen-bond donors (Lipinski definition) is 1. The van der Waals surface area contributed by atoms with Crippen LogP contribution in [0.5, 0.6) is 0 Å². The van der Waals surface area contributed by atoms with E-state index in [9.17, 15) is 9.59 Å². The lowest BCUT2D eigenvalue weighted by Crippen LogP contribution is -2.26. The molecule has 0 unspecified atom stereocenters. The van der Waals surface area contributed by atoms with E-state index in [0.29, 0.717) is 28.4 Å². The van der Waals surface area contributed by atoms with Crippen molar-refractivity contribution in [3.05, 3.63) is 80.6 Å². The first-order chi connectivity index (χ1) is 12.1. The average Bonchev–Trinajstić information content (AvgIpc) is 3.14. The van der Waals surface area contributed by atoms with Gasteiger partial charge in [0, 0.05) is 29.9 Å². The molecule has 0 atom stereocenters. The molecular weight excluding hydrogens is 332 g/mol. The zero-order valence-electron chi connectivity index (χ0n) is 13.7. The number of thiophene rings is 1. The molecule has 124 valence electrons. The van der Waals surface area contributed by atoms with Crippen LogP contribution in [0, 0.1) is 0 Å². The second-order valence-electron chi connectivity index (χ2n) is 6.02. The second kappa shape index (κ2) is 6.18. The summed E-state index contributed by atoms with van der Waals surface area (Å²) in [6.07, 6.45) is 0. The second-order valence-corrected chi connectivity index (χ2v) is 6.80. The molecule has 25 heavy (non-hydrogen) atoms. The molecule has 4 aromatic rings. The normalized spacial score (nSPS) is 11.1. The van der Waals surface area contributed by atoms with Crippen LogP contribution in [0.25, 0.3) is 21.8 Å². The van der Waals surface area contributed by atoms with Crippen molar-refractivity contribution in [1.82, 2.24) is 9.88 Å². The van der Waals surface area contributed by atoms with Crippen molar-refractivity contribution in [3.8, 4) is 0 Å². The van der Waals surface area contributed by atoms with Crippen LogP contribution in [-0.2, 0) is 6.54 Å². The number of para-hydroxylation sites is 2. The SMILES string of the molecule is CN(Cc1ccsc1)C(=O)c1cccc2c(=O)c3ccccc3[nH]c12. The molecule has 2 aromatic carbocycles. The van der Waals surface area contributed by atoms with Crippen LogP contribution in [-0.4, -0.2) is 22.8 Å². The first-order valence-electron chi connectivity index (χ1n) is 7.95. The summed E-state index contributed by atoms with van der Waals surface area (Å²) in [5.41, 5.74) is 2.88. The molecule has 0 aliphatic carbocycles. The summed E-state index contributed by atoms with van der Waals surface area (Å²) in [6.45, 7) is 0.538. The number of nitrogens with zero attached hydrogens (tertiary/aromatic N) is 1. The van der Waals surface area contributed by atoms with Crippen molar-refractivity contribution in [3.63, 3.8) is 0 Å². The van der Waals surface area contributed by atoms with Crippen LogP contribution in [0.4, 0.5) is 0 Å². The zero-order valence-corrected chi connectivity index (χ0v) is 14.5. The number of carbonyl (C=O) groups is 1. The zero-order chi connectivity index (χ0) is 17.4. The van der Waals surface area contributed by atoms with Gasteiger partial charge < -0.3 is 9.88 Å². The van der Waals surface area contributed by atoms with Gasteiger partial charge in [-0.05, 0) is 46.7 Å². The van der Waals surface area contributed by atoms with Crippen molar-refractivity contribution in [2.45, 2.75) is 6.54 Å². The molecule has 1 amide bonds.